The van der Waals surface area contributed by atoms with Crippen LogP contribution in [0.3, 0.4) is 0 Å². The molecule has 0 bridgehead atoms. The van der Waals surface area contributed by atoms with Crippen LogP contribution in [-0.4, -0.2) is 33.7 Å². The molecule has 0 unspecified atom stereocenters. The van der Waals surface area contributed by atoms with Crippen LogP contribution in [0, 0.1) is 0 Å². The maximum atomic E-state index is 11.5. The Hall–Kier alpha value is -2.24. The third-order valence-electron chi connectivity index (χ3n) is 2.09. The van der Waals surface area contributed by atoms with Gasteiger partial charge in [-0.2, -0.15) is 0 Å². The van der Waals surface area contributed by atoms with Crippen LogP contribution in [0.2, 0.25) is 0 Å². The van der Waals surface area contributed by atoms with Gasteiger partial charge in [0.25, 0.3) is 5.91 Å². The van der Waals surface area contributed by atoms with Crippen LogP contribution in [-0.2, 0) is 4.79 Å². The van der Waals surface area contributed by atoms with Crippen LogP contribution in [0.1, 0.15) is 23.2 Å². The molecule has 1 aromatic rings. The largest absolute Gasteiger partial charge is 0.504 e. The number of carboxylic acid groups (broad SMARTS) is 1. The Balaban J connectivity index is 2.47. The number of carbonyl (C=O) groups excluding carboxylic acids is 1. The Morgan fingerprint density at radius 1 is 1.18 bits per heavy atom. The monoisotopic (exact) mass is 239 g/mol. The Labute approximate surface area is 97.5 Å². The van der Waals surface area contributed by atoms with E-state index in [4.69, 9.17) is 10.2 Å². The highest BCUT2D eigenvalue weighted by Gasteiger charge is 2.08. The van der Waals surface area contributed by atoms with E-state index >= 15 is 0 Å². The summed E-state index contributed by atoms with van der Waals surface area (Å²) >= 11 is 0. The van der Waals surface area contributed by atoms with Crippen molar-refractivity contribution in [3.8, 4) is 11.5 Å². The predicted molar refractivity (Wildman–Crippen MR) is 59.0 cm³/mol. The van der Waals surface area contributed by atoms with Crippen molar-refractivity contribution in [2.45, 2.75) is 12.8 Å². The van der Waals surface area contributed by atoms with Crippen molar-refractivity contribution in [2.24, 2.45) is 0 Å². The van der Waals surface area contributed by atoms with Gasteiger partial charge >= 0.3 is 5.97 Å². The molecule has 1 rings (SSSR count). The predicted octanol–water partition coefficient (Wildman–Crippen LogP) is 0.692. The highest BCUT2D eigenvalue weighted by atomic mass is 16.4. The van der Waals surface area contributed by atoms with E-state index in [0.29, 0.717) is 6.42 Å². The van der Waals surface area contributed by atoms with Crippen molar-refractivity contribution >= 4 is 11.9 Å². The third-order valence-corrected chi connectivity index (χ3v) is 2.09. The summed E-state index contributed by atoms with van der Waals surface area (Å²) in [5, 5.41) is 29.1. The smallest absolute Gasteiger partial charge is 0.303 e. The second-order valence-electron chi connectivity index (χ2n) is 3.46. The molecule has 4 N–H and O–H groups in total. The second-order valence-corrected chi connectivity index (χ2v) is 3.46. The lowest BCUT2D eigenvalue weighted by Gasteiger charge is -2.05. The molecule has 0 fully saturated rings. The quantitative estimate of drug-likeness (QED) is 0.447. The molecule has 17 heavy (non-hydrogen) atoms. The summed E-state index contributed by atoms with van der Waals surface area (Å²) in [6.45, 7) is 0.243. The van der Waals surface area contributed by atoms with Gasteiger partial charge in [-0.1, -0.05) is 0 Å². The third kappa shape index (κ3) is 4.02. The average molecular weight is 239 g/mol. The number of phenolic OH excluding ortho intramolecular Hbond substituents is 2. The molecule has 0 heterocycles. The minimum absolute atomic E-state index is 0.0128. The Bertz CT molecular complexity index is 430. The Morgan fingerprint density at radius 2 is 1.88 bits per heavy atom. The molecule has 0 saturated carbocycles. The van der Waals surface area contributed by atoms with E-state index in [9.17, 15) is 14.7 Å². The number of amides is 1. The molecule has 0 aromatic heterocycles. The average Bonchev–Trinajstić information content (AvgIpc) is 2.27. The first kappa shape index (κ1) is 12.8. The highest BCUT2D eigenvalue weighted by Crippen LogP contribution is 2.24. The van der Waals surface area contributed by atoms with Crippen molar-refractivity contribution in [1.29, 1.82) is 0 Å². The van der Waals surface area contributed by atoms with Crippen LogP contribution >= 0.6 is 0 Å². The summed E-state index contributed by atoms with van der Waals surface area (Å²) < 4.78 is 0. The van der Waals surface area contributed by atoms with Gasteiger partial charge in [0.2, 0.25) is 0 Å². The van der Waals surface area contributed by atoms with Crippen LogP contribution in [0.4, 0.5) is 0 Å². The van der Waals surface area contributed by atoms with Crippen LogP contribution in [0.25, 0.3) is 0 Å². The molecule has 6 heteroatoms. The zero-order valence-electron chi connectivity index (χ0n) is 9.01. The van der Waals surface area contributed by atoms with Crippen molar-refractivity contribution in [3.05, 3.63) is 23.8 Å². The number of hydrogen-bond donors (Lipinski definition) is 4. The first-order valence-electron chi connectivity index (χ1n) is 5.02. The summed E-state index contributed by atoms with van der Waals surface area (Å²) in [7, 11) is 0. The molecule has 0 aliphatic carbocycles. The van der Waals surface area contributed by atoms with E-state index in [0.717, 1.165) is 6.07 Å². The van der Waals surface area contributed by atoms with Crippen molar-refractivity contribution < 1.29 is 24.9 Å². The number of hydrogen-bond acceptors (Lipinski definition) is 4. The minimum Gasteiger partial charge on any atom is -0.504 e. The molecule has 0 aliphatic heterocycles. The summed E-state index contributed by atoms with van der Waals surface area (Å²) in [6, 6.07) is 3.71. The van der Waals surface area contributed by atoms with E-state index in [1.807, 2.05) is 0 Å². The maximum Gasteiger partial charge on any atom is 0.303 e. The molecule has 6 nitrogen and oxygen atoms in total. The molecule has 0 spiro atoms. The van der Waals surface area contributed by atoms with E-state index in [1.165, 1.54) is 12.1 Å². The van der Waals surface area contributed by atoms with Crippen molar-refractivity contribution in [1.82, 2.24) is 5.32 Å². The van der Waals surface area contributed by atoms with Gasteiger partial charge in [-0.3, -0.25) is 9.59 Å². The topological polar surface area (TPSA) is 107 Å². The fraction of sp³-hybridized carbons (Fsp3) is 0.273. The highest BCUT2D eigenvalue weighted by molar-refractivity contribution is 5.94. The van der Waals surface area contributed by atoms with Crippen LogP contribution in [0.15, 0.2) is 18.2 Å². The van der Waals surface area contributed by atoms with Gasteiger partial charge in [-0.25, -0.2) is 0 Å². The number of carboxylic acids is 1. The minimum atomic E-state index is -0.915. The molecule has 0 saturated heterocycles. The fourth-order valence-electron chi connectivity index (χ4n) is 1.21. The van der Waals surface area contributed by atoms with E-state index in [1.54, 1.807) is 0 Å². The summed E-state index contributed by atoms with van der Waals surface area (Å²) in [4.78, 5) is 21.7. The Kier molecular flexibility index (Phi) is 4.33. The van der Waals surface area contributed by atoms with Gasteiger partial charge in [0.15, 0.2) is 11.5 Å². The number of benzene rings is 1. The molecule has 1 amide bonds. The molecule has 0 radical (unpaired) electrons. The van der Waals surface area contributed by atoms with Crippen molar-refractivity contribution in [3.63, 3.8) is 0 Å². The van der Waals surface area contributed by atoms with Crippen LogP contribution in [0.5, 0.6) is 11.5 Å². The molecule has 0 aliphatic rings. The second kappa shape index (κ2) is 5.74. The maximum absolute atomic E-state index is 11.5. The van der Waals surface area contributed by atoms with E-state index in [2.05, 4.69) is 5.32 Å². The number of carbonyl (C=O) groups is 2. The summed E-state index contributed by atoms with van der Waals surface area (Å²) in [5.74, 6) is -2.01. The van der Waals surface area contributed by atoms with E-state index < -0.39 is 11.9 Å². The normalized spacial score (nSPS) is 9.88. The van der Waals surface area contributed by atoms with Gasteiger partial charge in [-0.05, 0) is 24.6 Å². The molecule has 92 valence electrons. The number of nitrogens with one attached hydrogen (secondary N) is 1. The molecule has 0 atom stereocenters. The van der Waals surface area contributed by atoms with Crippen molar-refractivity contribution in [2.75, 3.05) is 6.54 Å². The standard InChI is InChI=1S/C11H13NO5/c13-8-4-3-7(6-9(8)14)11(17)12-5-1-2-10(15)16/h3-4,6,13-14H,1-2,5H2,(H,12,17)(H,15,16). The number of rotatable bonds is 5. The number of phenols is 2. The summed E-state index contributed by atoms with van der Waals surface area (Å²) in [5.41, 5.74) is 0.204. The van der Waals surface area contributed by atoms with E-state index in [-0.39, 0.29) is 30.0 Å². The first-order valence-corrected chi connectivity index (χ1v) is 5.02. The van der Waals surface area contributed by atoms with Gasteiger partial charge in [0.05, 0.1) is 0 Å². The lowest BCUT2D eigenvalue weighted by atomic mass is 10.2. The molecular formula is C11H13NO5. The Morgan fingerprint density at radius 3 is 2.47 bits per heavy atom. The zero-order chi connectivity index (χ0) is 12.8. The van der Waals surface area contributed by atoms with Gasteiger partial charge < -0.3 is 20.6 Å². The number of aliphatic carboxylic acids is 1. The number of aromatic hydroxyl groups is 2. The SMILES string of the molecule is O=C(O)CCCNC(=O)c1ccc(O)c(O)c1. The van der Waals surface area contributed by atoms with Gasteiger partial charge in [0, 0.05) is 18.5 Å². The lowest BCUT2D eigenvalue weighted by Crippen LogP contribution is -2.24. The zero-order valence-corrected chi connectivity index (χ0v) is 9.01. The molecular weight excluding hydrogens is 226 g/mol. The lowest BCUT2D eigenvalue weighted by molar-refractivity contribution is -0.137. The van der Waals surface area contributed by atoms with Crippen LogP contribution < -0.4 is 5.32 Å². The summed E-state index contributed by atoms with van der Waals surface area (Å²) in [6.07, 6.45) is 0.326. The van der Waals surface area contributed by atoms with Gasteiger partial charge in [0.1, 0.15) is 0 Å². The first-order chi connectivity index (χ1) is 8.00. The van der Waals surface area contributed by atoms with Gasteiger partial charge in [-0.15, -0.1) is 0 Å². The fourth-order valence-corrected chi connectivity index (χ4v) is 1.21. The molecule has 1 aromatic carbocycles.